The largest absolute Gasteiger partial charge is 0.380 e. The molecule has 1 aromatic heterocycles. The van der Waals surface area contributed by atoms with Crippen LogP contribution in [0.15, 0.2) is 30.4 Å². The average molecular weight is 338 g/mol. The average Bonchev–Trinajstić information content (AvgIpc) is 3.18. The first-order valence-corrected chi connectivity index (χ1v) is 9.19. The van der Waals surface area contributed by atoms with Crippen molar-refractivity contribution >= 4 is 17.5 Å². The van der Waals surface area contributed by atoms with E-state index in [4.69, 9.17) is 9.72 Å². The van der Waals surface area contributed by atoms with Crippen molar-refractivity contribution in [2.45, 2.75) is 33.6 Å². The number of pyridine rings is 1. The van der Waals surface area contributed by atoms with Crippen LogP contribution in [0.2, 0.25) is 0 Å². The predicted octanol–water partition coefficient (Wildman–Crippen LogP) is 4.74. The van der Waals surface area contributed by atoms with E-state index in [1.807, 2.05) is 14.1 Å². The smallest absolute Gasteiger partial charge is 0.129 e. The second-order valence-electron chi connectivity index (χ2n) is 8.42. The van der Waals surface area contributed by atoms with Crippen LogP contribution in [0, 0.1) is 11.3 Å². The van der Waals surface area contributed by atoms with Crippen LogP contribution in [0.4, 0.5) is 5.82 Å². The van der Waals surface area contributed by atoms with Crippen molar-refractivity contribution in [3.05, 3.63) is 47.2 Å². The first-order valence-electron chi connectivity index (χ1n) is 9.19. The summed E-state index contributed by atoms with van der Waals surface area (Å²) in [6.07, 6.45) is 13.2. The Balaban J connectivity index is 1.70. The molecule has 0 aromatic carbocycles. The van der Waals surface area contributed by atoms with Gasteiger partial charge in [0.15, 0.2) is 0 Å². The van der Waals surface area contributed by atoms with Crippen molar-refractivity contribution in [1.29, 1.82) is 0 Å². The summed E-state index contributed by atoms with van der Waals surface area (Å²) in [4.78, 5) is 6.82. The van der Waals surface area contributed by atoms with E-state index in [-0.39, 0.29) is 0 Å². The molecule has 2 aliphatic rings. The molecule has 1 atom stereocenters. The molecule has 0 fully saturated rings. The molecular formula is C22H30N2O. The molecular weight excluding hydrogens is 308 g/mol. The number of fused-ring (bicyclic) bond motifs is 1. The van der Waals surface area contributed by atoms with Crippen molar-refractivity contribution in [2.75, 3.05) is 32.2 Å². The van der Waals surface area contributed by atoms with Crippen LogP contribution in [0.3, 0.4) is 0 Å². The zero-order chi connectivity index (χ0) is 18.0. The van der Waals surface area contributed by atoms with Gasteiger partial charge in [0.05, 0.1) is 12.3 Å². The minimum absolute atomic E-state index is 0.333. The molecule has 0 aliphatic heterocycles. The van der Waals surface area contributed by atoms with Crippen LogP contribution < -0.4 is 4.90 Å². The number of anilines is 1. The van der Waals surface area contributed by atoms with Gasteiger partial charge >= 0.3 is 0 Å². The summed E-state index contributed by atoms with van der Waals surface area (Å²) in [5.74, 6) is 1.38. The maximum atomic E-state index is 5.90. The topological polar surface area (TPSA) is 25.4 Å². The van der Waals surface area contributed by atoms with Gasteiger partial charge in [-0.25, -0.2) is 4.98 Å². The molecule has 0 radical (unpaired) electrons. The van der Waals surface area contributed by atoms with E-state index in [2.05, 4.69) is 62.1 Å². The fourth-order valence-electron chi connectivity index (χ4n) is 3.15. The summed E-state index contributed by atoms with van der Waals surface area (Å²) in [5.41, 5.74) is 5.40. The van der Waals surface area contributed by atoms with E-state index in [0.29, 0.717) is 11.3 Å². The van der Waals surface area contributed by atoms with Crippen LogP contribution in [-0.4, -0.2) is 32.3 Å². The van der Waals surface area contributed by atoms with E-state index >= 15 is 0 Å². The van der Waals surface area contributed by atoms with Gasteiger partial charge in [0.2, 0.25) is 0 Å². The number of hydrogen-bond acceptors (Lipinski definition) is 3. The number of ether oxygens (including phenoxy) is 1. The Hall–Kier alpha value is -1.87. The van der Waals surface area contributed by atoms with Gasteiger partial charge in [-0.05, 0) is 47.1 Å². The maximum absolute atomic E-state index is 5.90. The van der Waals surface area contributed by atoms with E-state index < -0.39 is 0 Å². The highest BCUT2D eigenvalue weighted by Crippen LogP contribution is 2.34. The minimum atomic E-state index is 0.333. The van der Waals surface area contributed by atoms with Crippen molar-refractivity contribution in [1.82, 2.24) is 4.98 Å². The summed E-state index contributed by atoms with van der Waals surface area (Å²) in [7, 11) is 4.09. The Labute approximate surface area is 152 Å². The highest BCUT2D eigenvalue weighted by molar-refractivity contribution is 5.82. The molecule has 0 bridgehead atoms. The van der Waals surface area contributed by atoms with E-state index in [1.54, 1.807) is 0 Å². The van der Waals surface area contributed by atoms with Crippen molar-refractivity contribution in [3.8, 4) is 0 Å². The summed E-state index contributed by atoms with van der Waals surface area (Å²) in [6, 6.07) is 2.21. The number of hydrogen-bond donors (Lipinski definition) is 0. The molecule has 1 aromatic rings. The second kappa shape index (κ2) is 7.17. The van der Waals surface area contributed by atoms with Crippen LogP contribution in [-0.2, 0) is 11.2 Å². The fourth-order valence-corrected chi connectivity index (χ4v) is 3.15. The zero-order valence-electron chi connectivity index (χ0n) is 16.2. The molecule has 0 saturated heterocycles. The van der Waals surface area contributed by atoms with Crippen molar-refractivity contribution in [3.63, 3.8) is 0 Å². The number of allylic oxidation sites excluding steroid dienone is 3. The minimum Gasteiger partial charge on any atom is -0.380 e. The quantitative estimate of drug-likeness (QED) is 0.701. The van der Waals surface area contributed by atoms with Gasteiger partial charge in [-0.2, -0.15) is 0 Å². The Morgan fingerprint density at radius 2 is 2.04 bits per heavy atom. The third kappa shape index (κ3) is 4.40. The van der Waals surface area contributed by atoms with Gasteiger partial charge in [-0.1, -0.05) is 45.1 Å². The number of nitrogens with zero attached hydrogens (tertiary/aromatic N) is 2. The summed E-state index contributed by atoms with van der Waals surface area (Å²) >= 11 is 0. The molecule has 3 heteroatoms. The van der Waals surface area contributed by atoms with Crippen LogP contribution in [0.5, 0.6) is 0 Å². The summed E-state index contributed by atoms with van der Waals surface area (Å²) in [6.45, 7) is 8.36. The predicted molar refractivity (Wildman–Crippen MR) is 107 cm³/mol. The molecule has 0 amide bonds. The Morgan fingerprint density at radius 3 is 2.76 bits per heavy atom. The van der Waals surface area contributed by atoms with Gasteiger partial charge < -0.3 is 9.64 Å². The van der Waals surface area contributed by atoms with Gasteiger partial charge in [0.25, 0.3) is 0 Å². The van der Waals surface area contributed by atoms with Gasteiger partial charge in [-0.15, -0.1) is 0 Å². The lowest BCUT2D eigenvalue weighted by Gasteiger charge is -2.18. The van der Waals surface area contributed by atoms with Crippen LogP contribution >= 0.6 is 0 Å². The van der Waals surface area contributed by atoms with Crippen LogP contribution in [0.25, 0.3) is 11.6 Å². The highest BCUT2D eigenvalue weighted by Gasteiger charge is 2.20. The fraction of sp³-hybridized carbons (Fsp3) is 0.500. The maximum Gasteiger partial charge on any atom is 0.129 e. The molecule has 1 unspecified atom stereocenters. The van der Waals surface area contributed by atoms with Gasteiger partial charge in [0, 0.05) is 26.6 Å². The third-order valence-corrected chi connectivity index (χ3v) is 4.73. The lowest BCUT2D eigenvalue weighted by Crippen LogP contribution is -2.12. The number of rotatable bonds is 6. The molecule has 3 rings (SSSR count). The van der Waals surface area contributed by atoms with Crippen LogP contribution in [0.1, 0.15) is 44.0 Å². The molecule has 3 nitrogen and oxygen atoms in total. The van der Waals surface area contributed by atoms with E-state index in [1.165, 1.54) is 16.7 Å². The molecule has 1 heterocycles. The van der Waals surface area contributed by atoms with Gasteiger partial charge in [0.1, 0.15) is 5.82 Å². The van der Waals surface area contributed by atoms with E-state index in [9.17, 15) is 0 Å². The van der Waals surface area contributed by atoms with Gasteiger partial charge in [-0.3, -0.25) is 0 Å². The highest BCUT2D eigenvalue weighted by atomic mass is 16.5. The third-order valence-electron chi connectivity index (χ3n) is 4.73. The Morgan fingerprint density at radius 1 is 1.24 bits per heavy atom. The lowest BCUT2D eigenvalue weighted by molar-refractivity contribution is 0.0994. The SMILES string of the molecule is CN(C)c1cc(C2=CC(COCCC(C)(C)C)C=C2)c2c(n1)C=CC2. The lowest BCUT2D eigenvalue weighted by atomic mass is 9.93. The second-order valence-corrected chi connectivity index (χ2v) is 8.42. The monoisotopic (exact) mass is 338 g/mol. The standard InChI is InChI=1S/C22H30N2O/c1-22(2,3)11-12-25-15-16-9-10-17(13-16)19-14-21(24(4)5)23-20-8-6-7-18(19)20/h6,8-10,13-14,16H,7,11-12,15H2,1-5H3. The molecule has 0 saturated carbocycles. The number of aromatic nitrogens is 1. The van der Waals surface area contributed by atoms with Crippen molar-refractivity contribution < 1.29 is 4.74 Å². The molecule has 25 heavy (non-hydrogen) atoms. The Bertz CT molecular complexity index is 720. The zero-order valence-corrected chi connectivity index (χ0v) is 16.2. The molecule has 0 N–H and O–H groups in total. The summed E-state index contributed by atoms with van der Waals surface area (Å²) in [5, 5.41) is 0. The van der Waals surface area contributed by atoms with Crippen molar-refractivity contribution in [2.24, 2.45) is 11.3 Å². The molecule has 0 spiro atoms. The summed E-state index contributed by atoms with van der Waals surface area (Å²) < 4.78 is 5.90. The normalized spacial score (nSPS) is 18.6. The Kier molecular flexibility index (Phi) is 5.14. The first kappa shape index (κ1) is 17.9. The van der Waals surface area contributed by atoms with E-state index in [0.717, 1.165) is 37.6 Å². The molecule has 2 aliphatic carbocycles. The molecule has 134 valence electrons. The first-order chi connectivity index (χ1) is 11.8.